The van der Waals surface area contributed by atoms with Crippen LogP contribution in [0.15, 0.2) is 29.2 Å². The lowest BCUT2D eigenvalue weighted by Gasteiger charge is -2.28. The van der Waals surface area contributed by atoms with Crippen LogP contribution in [0.25, 0.3) is 0 Å². The summed E-state index contributed by atoms with van der Waals surface area (Å²) in [4.78, 5) is 12.1. The van der Waals surface area contributed by atoms with Gasteiger partial charge in [-0.25, -0.2) is 0 Å². The van der Waals surface area contributed by atoms with E-state index in [0.717, 1.165) is 25.7 Å². The monoisotopic (exact) mass is 332 g/mol. The van der Waals surface area contributed by atoms with Crippen molar-refractivity contribution in [2.45, 2.75) is 48.5 Å². The number of nitrogens with two attached hydrogens (primary N) is 1. The van der Waals surface area contributed by atoms with E-state index < -0.39 is 5.51 Å². The third-order valence-corrected chi connectivity index (χ3v) is 4.61. The predicted molar refractivity (Wildman–Crippen MR) is 81.5 cm³/mol. The molecule has 3 nitrogen and oxygen atoms in total. The van der Waals surface area contributed by atoms with Crippen LogP contribution in [0.2, 0.25) is 0 Å². The van der Waals surface area contributed by atoms with E-state index in [4.69, 9.17) is 5.73 Å². The third-order valence-electron chi connectivity index (χ3n) is 3.80. The maximum atomic E-state index is 12.5. The topological polar surface area (TPSA) is 55.1 Å². The van der Waals surface area contributed by atoms with Gasteiger partial charge in [0.15, 0.2) is 0 Å². The Labute approximate surface area is 131 Å². The van der Waals surface area contributed by atoms with Gasteiger partial charge in [-0.3, -0.25) is 4.79 Å². The quantitative estimate of drug-likeness (QED) is 0.815. The van der Waals surface area contributed by atoms with Gasteiger partial charge in [0, 0.05) is 17.4 Å². The molecule has 2 rings (SSSR count). The molecule has 7 heteroatoms. The zero-order valence-corrected chi connectivity index (χ0v) is 12.8. The molecular weight excluding hydrogens is 313 g/mol. The molecule has 0 aromatic heterocycles. The summed E-state index contributed by atoms with van der Waals surface area (Å²) in [6.07, 6.45) is 4.18. The van der Waals surface area contributed by atoms with Crippen LogP contribution in [0.4, 0.5) is 18.9 Å². The fourth-order valence-electron chi connectivity index (χ4n) is 2.71. The van der Waals surface area contributed by atoms with Crippen LogP contribution in [0.1, 0.15) is 32.1 Å². The Balaban J connectivity index is 1.99. The molecule has 0 saturated heterocycles. The molecule has 0 aliphatic heterocycles. The highest BCUT2D eigenvalue weighted by atomic mass is 32.2. The minimum absolute atomic E-state index is 0.000654. The van der Waals surface area contributed by atoms with Gasteiger partial charge in [-0.2, -0.15) is 13.2 Å². The molecule has 1 fully saturated rings. The van der Waals surface area contributed by atoms with Crippen molar-refractivity contribution >= 4 is 23.4 Å². The maximum Gasteiger partial charge on any atom is 0.446 e. The largest absolute Gasteiger partial charge is 0.446 e. The molecule has 1 aliphatic rings. The smallest absolute Gasteiger partial charge is 0.327 e. The van der Waals surface area contributed by atoms with E-state index in [1.165, 1.54) is 18.2 Å². The van der Waals surface area contributed by atoms with Crippen molar-refractivity contribution in [2.75, 3.05) is 5.32 Å². The number of alkyl halides is 3. The number of thioether (sulfide) groups is 1. The van der Waals surface area contributed by atoms with Crippen molar-refractivity contribution in [3.63, 3.8) is 0 Å². The van der Waals surface area contributed by atoms with Crippen molar-refractivity contribution in [3.8, 4) is 0 Å². The van der Waals surface area contributed by atoms with E-state index in [1.807, 2.05) is 0 Å². The fourth-order valence-corrected chi connectivity index (χ4v) is 3.34. The summed E-state index contributed by atoms with van der Waals surface area (Å²) in [7, 11) is 0. The number of hydrogen-bond acceptors (Lipinski definition) is 3. The lowest BCUT2D eigenvalue weighted by molar-refractivity contribution is -0.117. The Morgan fingerprint density at radius 3 is 2.64 bits per heavy atom. The molecule has 0 spiro atoms. The SMILES string of the molecule is NC1CCCCC1CC(=O)Nc1ccccc1SC(F)(F)F. The molecule has 1 aromatic carbocycles. The highest BCUT2D eigenvalue weighted by molar-refractivity contribution is 8.00. The average molecular weight is 332 g/mol. The lowest BCUT2D eigenvalue weighted by Crippen LogP contribution is -2.35. The second kappa shape index (κ2) is 7.37. The standard InChI is InChI=1S/C15H19F3N2OS/c16-15(17,18)22-13-8-4-3-7-12(13)20-14(21)9-10-5-1-2-6-11(10)19/h3-4,7-8,10-11H,1-2,5-6,9,19H2,(H,20,21). The second-order valence-corrected chi connectivity index (χ2v) is 6.61. The summed E-state index contributed by atoms with van der Waals surface area (Å²) in [5.74, 6) is -0.172. The Morgan fingerprint density at radius 1 is 1.27 bits per heavy atom. The highest BCUT2D eigenvalue weighted by Gasteiger charge is 2.31. The Morgan fingerprint density at radius 2 is 1.95 bits per heavy atom. The highest BCUT2D eigenvalue weighted by Crippen LogP contribution is 2.40. The van der Waals surface area contributed by atoms with E-state index in [1.54, 1.807) is 6.07 Å². The van der Waals surface area contributed by atoms with E-state index in [2.05, 4.69) is 5.32 Å². The van der Waals surface area contributed by atoms with Crippen LogP contribution >= 0.6 is 11.8 Å². The summed E-state index contributed by atoms with van der Waals surface area (Å²) in [6, 6.07) is 5.94. The van der Waals surface area contributed by atoms with Crippen molar-refractivity contribution in [1.82, 2.24) is 0 Å². The number of amides is 1. The van der Waals surface area contributed by atoms with Crippen LogP contribution in [-0.4, -0.2) is 17.5 Å². The molecule has 0 radical (unpaired) electrons. The molecule has 122 valence electrons. The molecule has 1 amide bonds. The fraction of sp³-hybridized carbons (Fsp3) is 0.533. The molecule has 1 aromatic rings. The normalized spacial score (nSPS) is 22.4. The van der Waals surface area contributed by atoms with E-state index in [-0.39, 0.29) is 46.6 Å². The predicted octanol–water partition coefficient (Wildman–Crippen LogP) is 4.14. The number of carbonyl (C=O) groups is 1. The van der Waals surface area contributed by atoms with Gasteiger partial charge in [-0.15, -0.1) is 0 Å². The van der Waals surface area contributed by atoms with Gasteiger partial charge in [0.2, 0.25) is 5.91 Å². The van der Waals surface area contributed by atoms with E-state index in [9.17, 15) is 18.0 Å². The third kappa shape index (κ3) is 5.21. The van der Waals surface area contributed by atoms with Crippen LogP contribution in [0.3, 0.4) is 0 Å². The Hall–Kier alpha value is -1.21. The first-order chi connectivity index (χ1) is 10.3. The zero-order chi connectivity index (χ0) is 16.2. The summed E-state index contributed by atoms with van der Waals surface area (Å²) in [5.41, 5.74) is 1.81. The van der Waals surface area contributed by atoms with Crippen LogP contribution in [0, 0.1) is 5.92 Å². The van der Waals surface area contributed by atoms with Crippen LogP contribution < -0.4 is 11.1 Å². The number of anilines is 1. The van der Waals surface area contributed by atoms with Crippen molar-refractivity contribution in [3.05, 3.63) is 24.3 Å². The molecule has 1 saturated carbocycles. The summed E-state index contributed by atoms with van der Waals surface area (Å²) < 4.78 is 37.5. The first-order valence-corrected chi connectivity index (χ1v) is 8.07. The molecule has 0 heterocycles. The van der Waals surface area contributed by atoms with Crippen molar-refractivity contribution in [2.24, 2.45) is 11.7 Å². The lowest BCUT2D eigenvalue weighted by atomic mass is 9.83. The first-order valence-electron chi connectivity index (χ1n) is 7.25. The number of para-hydroxylation sites is 1. The maximum absolute atomic E-state index is 12.5. The van der Waals surface area contributed by atoms with Crippen LogP contribution in [0.5, 0.6) is 0 Å². The van der Waals surface area contributed by atoms with Gasteiger partial charge >= 0.3 is 5.51 Å². The number of rotatable bonds is 4. The Bertz CT molecular complexity index is 522. The molecule has 1 aliphatic carbocycles. The number of benzene rings is 1. The number of nitrogens with one attached hydrogen (secondary N) is 1. The summed E-state index contributed by atoms with van der Waals surface area (Å²) >= 11 is -0.223. The molecular formula is C15H19F3N2OS. The van der Waals surface area contributed by atoms with Gasteiger partial charge in [0.05, 0.1) is 5.69 Å². The van der Waals surface area contributed by atoms with E-state index >= 15 is 0 Å². The van der Waals surface area contributed by atoms with Gasteiger partial charge in [0.25, 0.3) is 0 Å². The average Bonchev–Trinajstić information content (AvgIpc) is 2.42. The molecule has 3 N–H and O–H groups in total. The number of halogens is 3. The van der Waals surface area contributed by atoms with Gasteiger partial charge < -0.3 is 11.1 Å². The Kier molecular flexibility index (Phi) is 5.74. The number of carbonyl (C=O) groups excluding carboxylic acids is 1. The first kappa shape index (κ1) is 17.1. The van der Waals surface area contributed by atoms with Crippen molar-refractivity contribution < 1.29 is 18.0 Å². The molecule has 2 unspecified atom stereocenters. The minimum atomic E-state index is -4.38. The van der Waals surface area contributed by atoms with E-state index in [0.29, 0.717) is 0 Å². The van der Waals surface area contributed by atoms with Gasteiger partial charge in [0.1, 0.15) is 0 Å². The van der Waals surface area contributed by atoms with Crippen molar-refractivity contribution in [1.29, 1.82) is 0 Å². The van der Waals surface area contributed by atoms with Gasteiger partial charge in [-0.1, -0.05) is 25.0 Å². The number of hydrogen-bond donors (Lipinski definition) is 2. The van der Waals surface area contributed by atoms with Crippen LogP contribution in [-0.2, 0) is 4.79 Å². The molecule has 0 bridgehead atoms. The summed E-state index contributed by atoms with van der Waals surface area (Å²) in [5, 5.41) is 2.59. The minimum Gasteiger partial charge on any atom is -0.327 e. The molecule has 22 heavy (non-hydrogen) atoms. The zero-order valence-electron chi connectivity index (χ0n) is 12.0. The summed E-state index contributed by atoms with van der Waals surface area (Å²) in [6.45, 7) is 0. The second-order valence-electron chi connectivity index (χ2n) is 5.50. The van der Waals surface area contributed by atoms with Gasteiger partial charge in [-0.05, 0) is 42.7 Å². The molecule has 2 atom stereocenters.